The highest BCUT2D eigenvalue weighted by Gasteiger charge is 2.28. The molecule has 3 aromatic rings. The Labute approximate surface area is 153 Å². The Bertz CT molecular complexity index is 940. The van der Waals surface area contributed by atoms with Crippen molar-refractivity contribution in [3.63, 3.8) is 0 Å². The van der Waals surface area contributed by atoms with Gasteiger partial charge in [-0.2, -0.15) is 16.9 Å². The molecule has 5 rings (SSSR count). The van der Waals surface area contributed by atoms with Crippen molar-refractivity contribution in [1.82, 2.24) is 24.1 Å². The minimum Gasteiger partial charge on any atom is -0.297 e. The van der Waals surface area contributed by atoms with Crippen molar-refractivity contribution in [3.8, 4) is 0 Å². The smallest absolute Gasteiger partial charge is 0.267 e. The molecule has 0 saturated carbocycles. The summed E-state index contributed by atoms with van der Waals surface area (Å²) in [5, 5.41) is 6.67. The minimum atomic E-state index is 0.0500. The van der Waals surface area contributed by atoms with Crippen molar-refractivity contribution in [2.75, 3.05) is 18.8 Å². The Kier molecular flexibility index (Phi) is 3.91. The number of aryl methyl sites for hydroxylation is 1. The van der Waals surface area contributed by atoms with Crippen LogP contribution in [-0.4, -0.2) is 42.9 Å². The Morgan fingerprint density at radius 1 is 1.32 bits per heavy atom. The zero-order valence-electron chi connectivity index (χ0n) is 13.8. The quantitative estimate of drug-likeness (QED) is 0.699. The van der Waals surface area contributed by atoms with Crippen LogP contribution in [0.3, 0.4) is 0 Å². The summed E-state index contributed by atoms with van der Waals surface area (Å²) in [6.45, 7) is 3.63. The van der Waals surface area contributed by atoms with Gasteiger partial charge in [-0.15, -0.1) is 11.3 Å². The summed E-state index contributed by atoms with van der Waals surface area (Å²) in [5.74, 6) is 2.54. The van der Waals surface area contributed by atoms with E-state index in [1.54, 1.807) is 22.1 Å². The van der Waals surface area contributed by atoms with Crippen LogP contribution >= 0.6 is 23.1 Å². The second kappa shape index (κ2) is 6.26. The third-order valence-corrected chi connectivity index (χ3v) is 6.68. The molecule has 0 aromatic carbocycles. The Morgan fingerprint density at radius 2 is 2.24 bits per heavy atom. The number of hydrogen-bond acceptors (Lipinski definition) is 6. The maximum Gasteiger partial charge on any atom is 0.267 e. The minimum absolute atomic E-state index is 0.0500. The number of thioether (sulfide) groups is 1. The molecule has 2 aliphatic heterocycles. The molecule has 0 bridgehead atoms. The monoisotopic (exact) mass is 373 g/mol. The van der Waals surface area contributed by atoms with E-state index in [4.69, 9.17) is 0 Å². The summed E-state index contributed by atoms with van der Waals surface area (Å²) in [7, 11) is 0. The first kappa shape index (κ1) is 15.6. The molecule has 0 aliphatic carbocycles. The van der Waals surface area contributed by atoms with Crippen LogP contribution in [0.5, 0.6) is 0 Å². The van der Waals surface area contributed by atoms with E-state index in [9.17, 15) is 4.79 Å². The lowest BCUT2D eigenvalue weighted by atomic mass is 10.00. The average molecular weight is 374 g/mol. The molecular formula is C17H19N5OS2. The van der Waals surface area contributed by atoms with Crippen molar-refractivity contribution in [1.29, 1.82) is 0 Å². The molecule has 5 heterocycles. The number of aromatic nitrogens is 4. The van der Waals surface area contributed by atoms with E-state index in [2.05, 4.69) is 25.6 Å². The van der Waals surface area contributed by atoms with Crippen LogP contribution in [-0.2, 0) is 25.3 Å². The Morgan fingerprint density at radius 3 is 3.12 bits per heavy atom. The highest BCUT2D eigenvalue weighted by Crippen LogP contribution is 2.23. The fourth-order valence-corrected chi connectivity index (χ4v) is 5.30. The summed E-state index contributed by atoms with van der Waals surface area (Å²) in [6, 6.07) is 1.79. The SMILES string of the molecule is O=c1cc2c(nn1CC1CN(Cc3cn4ccsc4n3)C1)CCSC2. The zero-order chi connectivity index (χ0) is 16.8. The van der Waals surface area contributed by atoms with Crippen LogP contribution in [0.4, 0.5) is 0 Å². The largest absolute Gasteiger partial charge is 0.297 e. The first-order valence-corrected chi connectivity index (χ1v) is 10.6. The van der Waals surface area contributed by atoms with Crippen molar-refractivity contribution < 1.29 is 0 Å². The van der Waals surface area contributed by atoms with E-state index >= 15 is 0 Å². The second-order valence-electron chi connectivity index (χ2n) is 6.82. The van der Waals surface area contributed by atoms with Gasteiger partial charge >= 0.3 is 0 Å². The average Bonchev–Trinajstić information content (AvgIpc) is 3.14. The number of hydrogen-bond donors (Lipinski definition) is 0. The predicted octanol–water partition coefficient (Wildman–Crippen LogP) is 1.87. The van der Waals surface area contributed by atoms with Gasteiger partial charge < -0.3 is 0 Å². The number of rotatable bonds is 4. The first-order chi connectivity index (χ1) is 12.2. The van der Waals surface area contributed by atoms with E-state index in [-0.39, 0.29) is 5.56 Å². The van der Waals surface area contributed by atoms with Gasteiger partial charge in [0, 0.05) is 61.6 Å². The molecule has 6 nitrogen and oxygen atoms in total. The molecule has 1 saturated heterocycles. The summed E-state index contributed by atoms with van der Waals surface area (Å²) in [4.78, 5) is 20.3. The Hall–Kier alpha value is -1.64. The van der Waals surface area contributed by atoms with Crippen LogP contribution < -0.4 is 5.56 Å². The van der Waals surface area contributed by atoms with Gasteiger partial charge in [0.05, 0.1) is 17.9 Å². The highest BCUT2D eigenvalue weighted by molar-refractivity contribution is 7.98. The van der Waals surface area contributed by atoms with Gasteiger partial charge in [-0.1, -0.05) is 0 Å². The lowest BCUT2D eigenvalue weighted by Crippen LogP contribution is -2.49. The number of fused-ring (bicyclic) bond motifs is 2. The van der Waals surface area contributed by atoms with Crippen LogP contribution in [0.25, 0.3) is 4.96 Å². The molecule has 3 aromatic heterocycles. The van der Waals surface area contributed by atoms with Gasteiger partial charge in [-0.05, 0) is 11.3 Å². The van der Waals surface area contributed by atoms with E-state index in [0.717, 1.165) is 66.0 Å². The maximum absolute atomic E-state index is 12.3. The summed E-state index contributed by atoms with van der Waals surface area (Å²) >= 11 is 3.54. The van der Waals surface area contributed by atoms with Crippen molar-refractivity contribution in [2.45, 2.75) is 25.3 Å². The highest BCUT2D eigenvalue weighted by atomic mass is 32.2. The van der Waals surface area contributed by atoms with Gasteiger partial charge in [0.25, 0.3) is 5.56 Å². The molecule has 1 fully saturated rings. The molecule has 0 atom stereocenters. The predicted molar refractivity (Wildman–Crippen MR) is 100 cm³/mol. The maximum atomic E-state index is 12.3. The number of imidazole rings is 1. The molecule has 130 valence electrons. The normalized spacial score (nSPS) is 18.4. The molecule has 8 heteroatoms. The van der Waals surface area contributed by atoms with Gasteiger partial charge in [0.1, 0.15) is 0 Å². The summed E-state index contributed by atoms with van der Waals surface area (Å²) < 4.78 is 3.76. The lowest BCUT2D eigenvalue weighted by molar-refractivity contribution is 0.0754. The second-order valence-corrected chi connectivity index (χ2v) is 8.80. The third kappa shape index (κ3) is 3.02. The fraction of sp³-hybridized carbons (Fsp3) is 0.471. The Balaban J connectivity index is 1.21. The number of likely N-dealkylation sites (tertiary alicyclic amines) is 1. The molecule has 25 heavy (non-hydrogen) atoms. The first-order valence-electron chi connectivity index (χ1n) is 8.56. The van der Waals surface area contributed by atoms with Crippen molar-refractivity contribution in [3.05, 3.63) is 51.1 Å². The number of thiazole rings is 1. The van der Waals surface area contributed by atoms with E-state index in [1.807, 2.05) is 23.3 Å². The topological polar surface area (TPSA) is 55.4 Å². The number of nitrogens with zero attached hydrogens (tertiary/aromatic N) is 5. The van der Waals surface area contributed by atoms with Crippen LogP contribution in [0, 0.1) is 5.92 Å². The summed E-state index contributed by atoms with van der Waals surface area (Å²) in [6.07, 6.45) is 5.13. The molecule has 0 unspecified atom stereocenters. The molecular weight excluding hydrogens is 354 g/mol. The fourth-order valence-electron chi connectivity index (χ4n) is 3.63. The van der Waals surface area contributed by atoms with Crippen molar-refractivity contribution >= 4 is 28.1 Å². The zero-order valence-corrected chi connectivity index (χ0v) is 15.4. The molecule has 0 amide bonds. The van der Waals surface area contributed by atoms with E-state index in [0.29, 0.717) is 5.92 Å². The standard InChI is InChI=1S/C17H19N5OS2/c23-16-5-13-11-24-3-1-15(13)19-22(16)8-12-6-20(7-12)9-14-10-21-2-4-25-17(21)18-14/h2,4-5,10,12H,1,3,6-9,11H2. The molecule has 0 radical (unpaired) electrons. The third-order valence-electron chi connectivity index (χ3n) is 4.90. The van der Waals surface area contributed by atoms with Gasteiger partial charge in [0.15, 0.2) is 4.96 Å². The molecule has 2 aliphatic rings. The van der Waals surface area contributed by atoms with Crippen LogP contribution in [0.15, 0.2) is 28.6 Å². The summed E-state index contributed by atoms with van der Waals surface area (Å²) in [5.41, 5.74) is 3.42. The van der Waals surface area contributed by atoms with E-state index < -0.39 is 0 Å². The van der Waals surface area contributed by atoms with Gasteiger partial charge in [-0.3, -0.25) is 14.1 Å². The van der Waals surface area contributed by atoms with Crippen LogP contribution in [0.1, 0.15) is 17.0 Å². The van der Waals surface area contributed by atoms with Gasteiger partial charge in [0.2, 0.25) is 0 Å². The molecule has 0 spiro atoms. The molecule has 0 N–H and O–H groups in total. The van der Waals surface area contributed by atoms with Crippen molar-refractivity contribution in [2.24, 2.45) is 5.92 Å². The van der Waals surface area contributed by atoms with Gasteiger partial charge in [-0.25, -0.2) is 9.67 Å². The lowest BCUT2D eigenvalue weighted by Gasteiger charge is -2.38. The van der Waals surface area contributed by atoms with E-state index in [1.165, 1.54) is 0 Å². The van der Waals surface area contributed by atoms with Crippen LogP contribution in [0.2, 0.25) is 0 Å².